The van der Waals surface area contributed by atoms with Gasteiger partial charge in [0, 0.05) is 20.0 Å². The number of carbonyl (C=O) groups is 2. The van der Waals surface area contributed by atoms with Gasteiger partial charge in [-0.1, -0.05) is 0 Å². The average Bonchev–Trinajstić information content (AvgIpc) is 2.16. The summed E-state index contributed by atoms with van der Waals surface area (Å²) in [6.45, 7) is 1.81. The minimum atomic E-state index is -0.150. The molecular formula is C10H13N2O2+. The van der Waals surface area contributed by atoms with Crippen LogP contribution in [0.2, 0.25) is 0 Å². The lowest BCUT2D eigenvalue weighted by molar-refractivity contribution is -0.684. The van der Waals surface area contributed by atoms with Crippen LogP contribution in [0.1, 0.15) is 17.3 Å². The maximum Gasteiger partial charge on any atom is 0.257 e. The predicted octanol–water partition coefficient (Wildman–Crippen LogP) is -0.0773. The van der Waals surface area contributed by atoms with Crippen LogP contribution in [0.25, 0.3) is 0 Å². The van der Waals surface area contributed by atoms with Gasteiger partial charge in [-0.05, 0) is 6.07 Å². The van der Waals surface area contributed by atoms with E-state index in [0.717, 1.165) is 0 Å². The Morgan fingerprint density at radius 2 is 2.21 bits per heavy atom. The van der Waals surface area contributed by atoms with Gasteiger partial charge in [0.2, 0.25) is 6.54 Å². The summed E-state index contributed by atoms with van der Waals surface area (Å²) in [6, 6.07) is 3.45. The van der Waals surface area contributed by atoms with E-state index in [-0.39, 0.29) is 11.7 Å². The fourth-order valence-corrected chi connectivity index (χ4v) is 1.16. The highest BCUT2D eigenvalue weighted by molar-refractivity contribution is 5.93. The van der Waals surface area contributed by atoms with E-state index in [1.807, 2.05) is 0 Å². The van der Waals surface area contributed by atoms with Crippen molar-refractivity contribution < 1.29 is 14.2 Å². The van der Waals surface area contributed by atoms with Crippen LogP contribution in [0, 0.1) is 0 Å². The van der Waals surface area contributed by atoms with Crippen molar-refractivity contribution in [1.82, 2.24) is 5.32 Å². The van der Waals surface area contributed by atoms with Crippen LogP contribution < -0.4 is 9.88 Å². The lowest BCUT2D eigenvalue weighted by Crippen LogP contribution is -2.37. The summed E-state index contributed by atoms with van der Waals surface area (Å²) in [5.74, 6) is -0.0908. The highest BCUT2D eigenvalue weighted by Gasteiger charge is 2.09. The van der Waals surface area contributed by atoms with Crippen molar-refractivity contribution in [3.8, 4) is 0 Å². The standard InChI is InChI=1S/C10H12N2O2/c1-8(13)6-12-5-3-4-9(7-12)10(14)11-2/h3-5,7H,6H2,1-2H3/p+1. The van der Waals surface area contributed by atoms with E-state index in [1.54, 1.807) is 36.1 Å². The normalized spacial score (nSPS) is 9.57. The monoisotopic (exact) mass is 193 g/mol. The van der Waals surface area contributed by atoms with Gasteiger partial charge in [0.1, 0.15) is 5.56 Å². The summed E-state index contributed by atoms with van der Waals surface area (Å²) in [5.41, 5.74) is 0.552. The van der Waals surface area contributed by atoms with Gasteiger partial charge in [0.15, 0.2) is 18.2 Å². The van der Waals surface area contributed by atoms with Gasteiger partial charge in [-0.15, -0.1) is 0 Å². The molecule has 0 bridgehead atoms. The number of carbonyl (C=O) groups excluding carboxylic acids is 2. The molecule has 0 radical (unpaired) electrons. The van der Waals surface area contributed by atoms with Crippen molar-refractivity contribution in [1.29, 1.82) is 0 Å². The van der Waals surface area contributed by atoms with Crippen LogP contribution in [0.3, 0.4) is 0 Å². The van der Waals surface area contributed by atoms with Gasteiger partial charge >= 0.3 is 0 Å². The maximum atomic E-state index is 11.2. The number of amides is 1. The van der Waals surface area contributed by atoms with E-state index in [9.17, 15) is 9.59 Å². The highest BCUT2D eigenvalue weighted by atomic mass is 16.1. The topological polar surface area (TPSA) is 50.1 Å². The Morgan fingerprint density at radius 1 is 1.50 bits per heavy atom. The molecule has 1 amide bonds. The Kier molecular flexibility index (Phi) is 3.34. The molecule has 0 aromatic carbocycles. The number of rotatable bonds is 3. The van der Waals surface area contributed by atoms with Gasteiger partial charge in [0.05, 0.1) is 0 Å². The van der Waals surface area contributed by atoms with Crippen molar-refractivity contribution in [3.63, 3.8) is 0 Å². The molecule has 1 rings (SSSR count). The van der Waals surface area contributed by atoms with Gasteiger partial charge in [-0.25, -0.2) is 0 Å². The fourth-order valence-electron chi connectivity index (χ4n) is 1.16. The summed E-state index contributed by atoms with van der Waals surface area (Å²) in [6.07, 6.45) is 3.41. The third kappa shape index (κ3) is 2.65. The number of Topliss-reactive ketones (excluding diaryl/α,β-unsaturated/α-hetero) is 1. The second kappa shape index (κ2) is 4.50. The minimum absolute atomic E-state index is 0.0593. The molecule has 14 heavy (non-hydrogen) atoms. The van der Waals surface area contributed by atoms with Crippen molar-refractivity contribution in [2.75, 3.05) is 7.05 Å². The van der Waals surface area contributed by atoms with Crippen molar-refractivity contribution in [2.24, 2.45) is 0 Å². The molecule has 0 fully saturated rings. The SMILES string of the molecule is CNC(=O)c1ccc[n+](CC(C)=O)c1. The van der Waals surface area contributed by atoms with E-state index < -0.39 is 0 Å². The minimum Gasteiger partial charge on any atom is -0.355 e. The Hall–Kier alpha value is -1.71. The van der Waals surface area contributed by atoms with Crippen molar-refractivity contribution in [3.05, 3.63) is 30.1 Å². The van der Waals surface area contributed by atoms with Gasteiger partial charge in [-0.2, -0.15) is 4.57 Å². The molecular weight excluding hydrogens is 180 g/mol. The maximum absolute atomic E-state index is 11.2. The molecule has 4 nitrogen and oxygen atoms in total. The largest absolute Gasteiger partial charge is 0.355 e. The molecule has 0 saturated heterocycles. The molecule has 1 aromatic rings. The molecule has 1 heterocycles. The molecule has 0 saturated carbocycles. The summed E-state index contributed by atoms with van der Waals surface area (Å²) >= 11 is 0. The van der Waals surface area contributed by atoms with Crippen LogP contribution in [0.5, 0.6) is 0 Å². The fraction of sp³-hybridized carbons (Fsp3) is 0.300. The van der Waals surface area contributed by atoms with Gasteiger partial charge in [0.25, 0.3) is 5.91 Å². The lowest BCUT2D eigenvalue weighted by atomic mass is 10.2. The molecule has 1 aromatic heterocycles. The zero-order valence-electron chi connectivity index (χ0n) is 8.28. The summed E-state index contributed by atoms with van der Waals surface area (Å²) in [4.78, 5) is 22.1. The molecule has 0 aliphatic rings. The van der Waals surface area contributed by atoms with E-state index in [2.05, 4.69) is 5.32 Å². The Morgan fingerprint density at radius 3 is 2.79 bits per heavy atom. The average molecular weight is 193 g/mol. The zero-order valence-corrected chi connectivity index (χ0v) is 8.28. The molecule has 4 heteroatoms. The molecule has 1 N–H and O–H groups in total. The molecule has 0 spiro atoms. The molecule has 0 aliphatic heterocycles. The summed E-state index contributed by atoms with van der Waals surface area (Å²) in [7, 11) is 1.57. The Bertz CT molecular complexity index is 361. The first kappa shape index (κ1) is 10.4. The zero-order chi connectivity index (χ0) is 10.6. The summed E-state index contributed by atoms with van der Waals surface area (Å²) in [5, 5.41) is 2.52. The van der Waals surface area contributed by atoms with E-state index >= 15 is 0 Å². The molecule has 0 atom stereocenters. The van der Waals surface area contributed by atoms with Crippen LogP contribution >= 0.6 is 0 Å². The van der Waals surface area contributed by atoms with Crippen molar-refractivity contribution in [2.45, 2.75) is 13.5 Å². The number of pyridine rings is 1. The second-order valence-electron chi connectivity index (χ2n) is 3.05. The van der Waals surface area contributed by atoms with Crippen molar-refractivity contribution >= 4 is 11.7 Å². The number of aromatic nitrogens is 1. The number of nitrogens with zero attached hydrogens (tertiary/aromatic N) is 1. The predicted molar refractivity (Wildman–Crippen MR) is 50.7 cm³/mol. The van der Waals surface area contributed by atoms with Crippen LogP contribution in [-0.4, -0.2) is 18.7 Å². The third-order valence-corrected chi connectivity index (χ3v) is 1.75. The van der Waals surface area contributed by atoms with E-state index in [4.69, 9.17) is 0 Å². The second-order valence-corrected chi connectivity index (χ2v) is 3.05. The van der Waals surface area contributed by atoms with Crippen LogP contribution in [-0.2, 0) is 11.3 Å². The quantitative estimate of drug-likeness (QED) is 0.683. The summed E-state index contributed by atoms with van der Waals surface area (Å²) < 4.78 is 1.69. The number of hydrogen-bond donors (Lipinski definition) is 1. The number of ketones is 1. The molecule has 74 valence electrons. The first-order chi connectivity index (χ1) is 6.63. The van der Waals surface area contributed by atoms with Gasteiger partial charge < -0.3 is 5.32 Å². The van der Waals surface area contributed by atoms with Gasteiger partial charge in [-0.3, -0.25) is 9.59 Å². The van der Waals surface area contributed by atoms with E-state index in [0.29, 0.717) is 12.1 Å². The van der Waals surface area contributed by atoms with E-state index in [1.165, 1.54) is 6.92 Å². The Balaban J connectivity index is 2.89. The molecule has 0 aliphatic carbocycles. The van der Waals surface area contributed by atoms with Crippen LogP contribution in [0.15, 0.2) is 24.5 Å². The number of nitrogens with one attached hydrogen (secondary N) is 1. The molecule has 0 unspecified atom stereocenters. The highest BCUT2D eigenvalue weighted by Crippen LogP contribution is 1.93. The Labute approximate surface area is 82.6 Å². The van der Waals surface area contributed by atoms with Crippen LogP contribution in [0.4, 0.5) is 0 Å². The third-order valence-electron chi connectivity index (χ3n) is 1.75. The first-order valence-corrected chi connectivity index (χ1v) is 4.34. The number of hydrogen-bond acceptors (Lipinski definition) is 2. The first-order valence-electron chi connectivity index (χ1n) is 4.34. The lowest BCUT2D eigenvalue weighted by Gasteiger charge is -1.98. The smallest absolute Gasteiger partial charge is 0.257 e.